The summed E-state index contributed by atoms with van der Waals surface area (Å²) in [6.45, 7) is 10.0. The van der Waals surface area contributed by atoms with Gasteiger partial charge in [0.2, 0.25) is 5.91 Å². The average molecular weight is 262 g/mol. The van der Waals surface area contributed by atoms with Crippen molar-refractivity contribution in [3.8, 4) is 0 Å². The Kier molecular flexibility index (Phi) is 5.12. The fraction of sp³-hybridized carbons (Fsp3) is 0.562. The number of nitrogens with two attached hydrogens (primary N) is 1. The second-order valence-corrected chi connectivity index (χ2v) is 6.28. The van der Waals surface area contributed by atoms with Crippen molar-refractivity contribution in [1.29, 1.82) is 0 Å². The van der Waals surface area contributed by atoms with Crippen LogP contribution in [-0.2, 0) is 4.79 Å². The molecule has 0 aliphatic carbocycles. The zero-order chi connectivity index (χ0) is 14.6. The van der Waals surface area contributed by atoms with Crippen LogP contribution in [0, 0.1) is 0 Å². The topological polar surface area (TPSA) is 55.1 Å². The van der Waals surface area contributed by atoms with Gasteiger partial charge in [-0.15, -0.1) is 0 Å². The number of carbonyl (C=O) groups excluding carboxylic acids is 1. The average Bonchev–Trinajstić information content (AvgIpc) is 2.26. The van der Waals surface area contributed by atoms with E-state index in [2.05, 4.69) is 43.4 Å². The number of nitrogens with one attached hydrogen (secondary N) is 1. The lowest BCUT2D eigenvalue weighted by Gasteiger charge is -2.20. The molecule has 3 nitrogen and oxygen atoms in total. The molecular formula is C16H26N2O. The van der Waals surface area contributed by atoms with Gasteiger partial charge in [0.15, 0.2) is 0 Å². The minimum absolute atomic E-state index is 0.00654. The van der Waals surface area contributed by atoms with Crippen LogP contribution < -0.4 is 11.1 Å². The Bertz CT molecular complexity index is 415. The summed E-state index contributed by atoms with van der Waals surface area (Å²) in [7, 11) is 0. The molecule has 0 aliphatic heterocycles. The summed E-state index contributed by atoms with van der Waals surface area (Å²) in [6, 6.07) is 8.41. The molecule has 19 heavy (non-hydrogen) atoms. The SMILES string of the molecule is CC(C)c1ccc(C(C)NC(=O)CC(C)(C)N)cc1. The van der Waals surface area contributed by atoms with Crippen molar-refractivity contribution < 1.29 is 4.79 Å². The molecule has 0 spiro atoms. The maximum absolute atomic E-state index is 11.8. The molecule has 1 unspecified atom stereocenters. The third-order valence-electron chi connectivity index (χ3n) is 3.10. The molecule has 0 saturated heterocycles. The maximum atomic E-state index is 11.8. The number of benzene rings is 1. The van der Waals surface area contributed by atoms with E-state index in [-0.39, 0.29) is 11.9 Å². The lowest BCUT2D eigenvalue weighted by Crippen LogP contribution is -2.39. The zero-order valence-corrected chi connectivity index (χ0v) is 12.7. The van der Waals surface area contributed by atoms with Crippen LogP contribution >= 0.6 is 0 Å². The van der Waals surface area contributed by atoms with E-state index >= 15 is 0 Å². The van der Waals surface area contributed by atoms with Gasteiger partial charge in [-0.2, -0.15) is 0 Å². The number of hydrogen-bond acceptors (Lipinski definition) is 2. The first kappa shape index (κ1) is 15.7. The maximum Gasteiger partial charge on any atom is 0.222 e. The summed E-state index contributed by atoms with van der Waals surface area (Å²) in [6.07, 6.45) is 0.335. The van der Waals surface area contributed by atoms with Crippen LogP contribution in [0.5, 0.6) is 0 Å². The summed E-state index contributed by atoms with van der Waals surface area (Å²) in [5.41, 5.74) is 7.80. The Labute approximate surface area is 116 Å². The molecule has 0 aromatic heterocycles. The standard InChI is InChI=1S/C16H26N2O/c1-11(2)13-6-8-14(9-7-13)12(3)18-15(19)10-16(4,5)17/h6-9,11-12H,10,17H2,1-5H3,(H,18,19). The molecule has 106 valence electrons. The molecule has 0 aliphatic rings. The first-order chi connectivity index (χ1) is 8.69. The van der Waals surface area contributed by atoms with Crippen molar-refractivity contribution in [3.63, 3.8) is 0 Å². The molecular weight excluding hydrogens is 236 g/mol. The lowest BCUT2D eigenvalue weighted by molar-refractivity contribution is -0.122. The quantitative estimate of drug-likeness (QED) is 0.856. The molecule has 1 rings (SSSR count). The highest BCUT2D eigenvalue weighted by atomic mass is 16.1. The summed E-state index contributed by atoms with van der Waals surface area (Å²) < 4.78 is 0. The second kappa shape index (κ2) is 6.20. The van der Waals surface area contributed by atoms with Gasteiger partial charge in [0.05, 0.1) is 6.04 Å². The largest absolute Gasteiger partial charge is 0.350 e. The van der Waals surface area contributed by atoms with Gasteiger partial charge >= 0.3 is 0 Å². The van der Waals surface area contributed by atoms with Gasteiger partial charge in [0.25, 0.3) is 0 Å². The lowest BCUT2D eigenvalue weighted by atomic mass is 9.98. The Hall–Kier alpha value is -1.35. The molecule has 0 heterocycles. The Morgan fingerprint density at radius 1 is 1.16 bits per heavy atom. The monoisotopic (exact) mass is 262 g/mol. The Morgan fingerprint density at radius 3 is 2.05 bits per heavy atom. The normalized spacial score (nSPS) is 13.4. The van der Waals surface area contributed by atoms with Crippen molar-refractivity contribution >= 4 is 5.91 Å². The molecule has 0 fully saturated rings. The number of rotatable bonds is 5. The van der Waals surface area contributed by atoms with Crippen LogP contribution in [0.1, 0.15) is 64.1 Å². The summed E-state index contributed by atoms with van der Waals surface area (Å²) in [4.78, 5) is 11.8. The minimum Gasteiger partial charge on any atom is -0.350 e. The molecule has 0 bridgehead atoms. The molecule has 1 aromatic carbocycles. The van der Waals surface area contributed by atoms with Gasteiger partial charge in [-0.25, -0.2) is 0 Å². The van der Waals surface area contributed by atoms with Gasteiger partial charge in [-0.3, -0.25) is 4.79 Å². The van der Waals surface area contributed by atoms with Gasteiger partial charge in [-0.05, 0) is 37.8 Å². The van der Waals surface area contributed by atoms with Crippen LogP contribution in [0.15, 0.2) is 24.3 Å². The first-order valence-corrected chi connectivity index (χ1v) is 6.87. The fourth-order valence-corrected chi connectivity index (χ4v) is 1.96. The smallest absolute Gasteiger partial charge is 0.222 e. The molecule has 1 amide bonds. The van der Waals surface area contributed by atoms with E-state index < -0.39 is 5.54 Å². The molecule has 0 saturated carbocycles. The van der Waals surface area contributed by atoms with Crippen molar-refractivity contribution in [3.05, 3.63) is 35.4 Å². The predicted octanol–water partition coefficient (Wildman–Crippen LogP) is 3.11. The van der Waals surface area contributed by atoms with E-state index in [0.717, 1.165) is 5.56 Å². The minimum atomic E-state index is -0.467. The van der Waals surface area contributed by atoms with Crippen molar-refractivity contribution in [1.82, 2.24) is 5.32 Å². The molecule has 1 atom stereocenters. The fourth-order valence-electron chi connectivity index (χ4n) is 1.96. The van der Waals surface area contributed by atoms with Gasteiger partial charge in [0.1, 0.15) is 0 Å². The summed E-state index contributed by atoms with van der Waals surface area (Å²) in [5.74, 6) is 0.518. The molecule has 0 radical (unpaired) electrons. The van der Waals surface area contributed by atoms with E-state index in [1.807, 2.05) is 20.8 Å². The second-order valence-electron chi connectivity index (χ2n) is 6.28. The zero-order valence-electron chi connectivity index (χ0n) is 12.7. The van der Waals surface area contributed by atoms with Crippen molar-refractivity contribution in [2.45, 2.75) is 58.5 Å². The first-order valence-electron chi connectivity index (χ1n) is 6.87. The third-order valence-corrected chi connectivity index (χ3v) is 3.10. The van der Waals surface area contributed by atoms with Crippen LogP contribution in [0.2, 0.25) is 0 Å². The van der Waals surface area contributed by atoms with Crippen molar-refractivity contribution in [2.75, 3.05) is 0 Å². The van der Waals surface area contributed by atoms with E-state index in [0.29, 0.717) is 12.3 Å². The Balaban J connectivity index is 2.63. The summed E-state index contributed by atoms with van der Waals surface area (Å²) >= 11 is 0. The highest BCUT2D eigenvalue weighted by Gasteiger charge is 2.18. The van der Waals surface area contributed by atoms with E-state index in [9.17, 15) is 4.79 Å². The molecule has 3 N–H and O–H groups in total. The van der Waals surface area contributed by atoms with Crippen LogP contribution in [0.4, 0.5) is 0 Å². The van der Waals surface area contributed by atoms with E-state index in [1.165, 1.54) is 5.56 Å². The number of carbonyl (C=O) groups is 1. The Morgan fingerprint density at radius 2 is 1.63 bits per heavy atom. The van der Waals surface area contributed by atoms with Gasteiger partial charge in [0, 0.05) is 12.0 Å². The predicted molar refractivity (Wildman–Crippen MR) is 80.0 cm³/mol. The van der Waals surface area contributed by atoms with Gasteiger partial charge in [-0.1, -0.05) is 38.1 Å². The van der Waals surface area contributed by atoms with Crippen molar-refractivity contribution in [2.24, 2.45) is 5.73 Å². The number of hydrogen-bond donors (Lipinski definition) is 2. The molecule has 3 heteroatoms. The van der Waals surface area contributed by atoms with E-state index in [4.69, 9.17) is 5.73 Å². The van der Waals surface area contributed by atoms with Crippen LogP contribution in [0.3, 0.4) is 0 Å². The van der Waals surface area contributed by atoms with Crippen LogP contribution in [-0.4, -0.2) is 11.4 Å². The highest BCUT2D eigenvalue weighted by molar-refractivity contribution is 5.77. The van der Waals surface area contributed by atoms with E-state index in [1.54, 1.807) is 0 Å². The van der Waals surface area contributed by atoms with Crippen LogP contribution in [0.25, 0.3) is 0 Å². The van der Waals surface area contributed by atoms with Gasteiger partial charge < -0.3 is 11.1 Å². The number of amides is 1. The third kappa shape index (κ3) is 5.43. The molecule has 1 aromatic rings. The summed E-state index contributed by atoms with van der Waals surface area (Å²) in [5, 5.41) is 2.98. The highest BCUT2D eigenvalue weighted by Crippen LogP contribution is 2.18.